The van der Waals surface area contributed by atoms with Crippen molar-refractivity contribution in [3.8, 4) is 0 Å². The Morgan fingerprint density at radius 3 is 2.43 bits per heavy atom. The molecule has 0 radical (unpaired) electrons. The zero-order valence-electron chi connectivity index (χ0n) is 21.1. The number of piperazine rings is 1. The maximum atomic E-state index is 13.2. The first-order valence-corrected chi connectivity index (χ1v) is 13.9. The van der Waals surface area contributed by atoms with Gasteiger partial charge in [0.05, 0.1) is 23.1 Å². The van der Waals surface area contributed by atoms with E-state index in [4.69, 9.17) is 16.3 Å². The van der Waals surface area contributed by atoms with Gasteiger partial charge >= 0.3 is 12.0 Å². The molecule has 2 heterocycles. The van der Waals surface area contributed by atoms with Gasteiger partial charge in [-0.15, -0.1) is 0 Å². The van der Waals surface area contributed by atoms with E-state index in [0.29, 0.717) is 34.9 Å². The van der Waals surface area contributed by atoms with Crippen LogP contribution in [0.25, 0.3) is 0 Å². The SMILES string of the molecule is CCOC(=O)C1=C(CN2CCN(S(=O)(=O)c3ccccc3)[C@@H](C)C2)N(C)C(=O)N[C@H]1c1ccccc1Cl. The Bertz CT molecular complexity index is 1300. The molecule has 0 saturated carbocycles. The summed E-state index contributed by atoms with van der Waals surface area (Å²) in [5, 5.41) is 3.29. The normalized spacial score (nSPS) is 21.6. The van der Waals surface area contributed by atoms with Crippen molar-refractivity contribution in [3.63, 3.8) is 0 Å². The lowest BCUT2D eigenvalue weighted by atomic mass is 9.94. The number of carbonyl (C=O) groups is 2. The number of urea groups is 1. The third kappa shape index (κ3) is 5.52. The highest BCUT2D eigenvalue weighted by atomic mass is 35.5. The topological polar surface area (TPSA) is 99.3 Å². The predicted molar refractivity (Wildman–Crippen MR) is 140 cm³/mol. The monoisotopic (exact) mass is 546 g/mol. The van der Waals surface area contributed by atoms with Gasteiger partial charge in [0.25, 0.3) is 0 Å². The van der Waals surface area contributed by atoms with E-state index >= 15 is 0 Å². The van der Waals surface area contributed by atoms with Crippen molar-refractivity contribution in [2.75, 3.05) is 39.8 Å². The summed E-state index contributed by atoms with van der Waals surface area (Å²) in [6, 6.07) is 14.0. The summed E-state index contributed by atoms with van der Waals surface area (Å²) in [7, 11) is -2.03. The minimum Gasteiger partial charge on any atom is -0.463 e. The number of rotatable bonds is 7. The third-order valence-electron chi connectivity index (χ3n) is 6.66. The van der Waals surface area contributed by atoms with Crippen LogP contribution < -0.4 is 5.32 Å². The molecule has 37 heavy (non-hydrogen) atoms. The molecule has 1 saturated heterocycles. The third-order valence-corrected chi connectivity index (χ3v) is 9.03. The van der Waals surface area contributed by atoms with Crippen LogP contribution in [-0.4, -0.2) is 80.4 Å². The van der Waals surface area contributed by atoms with Gasteiger partial charge in [-0.25, -0.2) is 18.0 Å². The largest absolute Gasteiger partial charge is 0.463 e. The molecule has 198 valence electrons. The molecule has 0 bridgehead atoms. The molecule has 2 aliphatic rings. The Balaban J connectivity index is 1.64. The Kier molecular flexibility index (Phi) is 8.23. The number of hydrogen-bond acceptors (Lipinski definition) is 6. The smallest absolute Gasteiger partial charge is 0.338 e. The lowest BCUT2D eigenvalue weighted by Crippen LogP contribution is -2.56. The molecule has 11 heteroatoms. The van der Waals surface area contributed by atoms with Gasteiger partial charge in [-0.2, -0.15) is 4.31 Å². The molecule has 9 nitrogen and oxygen atoms in total. The van der Waals surface area contributed by atoms with Crippen molar-refractivity contribution < 1.29 is 22.7 Å². The summed E-state index contributed by atoms with van der Waals surface area (Å²) in [5.41, 5.74) is 1.40. The second-order valence-electron chi connectivity index (χ2n) is 9.06. The van der Waals surface area contributed by atoms with Crippen molar-refractivity contribution >= 4 is 33.6 Å². The van der Waals surface area contributed by atoms with Crippen molar-refractivity contribution in [2.24, 2.45) is 0 Å². The van der Waals surface area contributed by atoms with E-state index in [2.05, 4.69) is 10.2 Å². The molecule has 1 fully saturated rings. The molecule has 0 aliphatic carbocycles. The van der Waals surface area contributed by atoms with E-state index in [-0.39, 0.29) is 36.7 Å². The molecular formula is C26H31ClN4O5S. The fourth-order valence-electron chi connectivity index (χ4n) is 4.80. The Morgan fingerprint density at radius 1 is 1.11 bits per heavy atom. The molecular weight excluding hydrogens is 516 g/mol. The number of hydrogen-bond donors (Lipinski definition) is 1. The molecule has 1 N–H and O–H groups in total. The van der Waals surface area contributed by atoms with Crippen LogP contribution >= 0.6 is 11.6 Å². The highest BCUT2D eigenvalue weighted by molar-refractivity contribution is 7.89. The van der Waals surface area contributed by atoms with E-state index in [0.717, 1.165) is 0 Å². The van der Waals surface area contributed by atoms with Gasteiger partial charge in [-0.1, -0.05) is 48.0 Å². The van der Waals surface area contributed by atoms with E-state index in [1.165, 1.54) is 9.21 Å². The zero-order valence-corrected chi connectivity index (χ0v) is 22.6. The average Bonchev–Trinajstić information content (AvgIpc) is 2.87. The standard InChI is InChI=1S/C26H31ClN4O5S/c1-4-36-25(32)23-22(29(3)26(33)28-24(23)20-12-8-9-13-21(20)27)17-30-14-15-31(18(2)16-30)37(34,35)19-10-6-5-7-11-19/h5-13,18,24H,4,14-17H2,1-3H3,(H,28,33)/t18-,24-/m0/s1. The minimum absolute atomic E-state index is 0.176. The molecule has 2 aromatic carbocycles. The maximum absolute atomic E-state index is 13.2. The van der Waals surface area contributed by atoms with Crippen molar-refractivity contribution in [1.82, 2.24) is 19.4 Å². The van der Waals surface area contributed by atoms with Crippen LogP contribution in [0.15, 0.2) is 70.8 Å². The van der Waals surface area contributed by atoms with Crippen LogP contribution in [0.1, 0.15) is 25.5 Å². The first kappa shape index (κ1) is 27.1. The second-order valence-corrected chi connectivity index (χ2v) is 11.4. The van der Waals surface area contributed by atoms with Gasteiger partial charge in [0.2, 0.25) is 10.0 Å². The minimum atomic E-state index is -3.64. The second kappa shape index (κ2) is 11.2. The summed E-state index contributed by atoms with van der Waals surface area (Å²) in [5.74, 6) is -0.535. The average molecular weight is 547 g/mol. The van der Waals surface area contributed by atoms with Crippen LogP contribution in [0.2, 0.25) is 5.02 Å². The van der Waals surface area contributed by atoms with E-state index in [9.17, 15) is 18.0 Å². The van der Waals surface area contributed by atoms with Gasteiger partial charge in [0.1, 0.15) is 0 Å². The van der Waals surface area contributed by atoms with E-state index in [1.54, 1.807) is 68.6 Å². The summed E-state index contributed by atoms with van der Waals surface area (Å²) >= 11 is 6.44. The highest BCUT2D eigenvalue weighted by Gasteiger charge is 2.40. The number of nitrogens with one attached hydrogen (secondary N) is 1. The Labute approximate surface area is 222 Å². The van der Waals surface area contributed by atoms with Crippen LogP contribution in [0.3, 0.4) is 0 Å². The van der Waals surface area contributed by atoms with Gasteiger partial charge in [0, 0.05) is 50.0 Å². The number of likely N-dealkylation sites (N-methyl/N-ethyl adjacent to an activating group) is 1. The fourth-order valence-corrected chi connectivity index (χ4v) is 6.68. The van der Waals surface area contributed by atoms with Crippen LogP contribution in [0, 0.1) is 0 Å². The van der Waals surface area contributed by atoms with E-state index in [1.807, 2.05) is 6.92 Å². The number of nitrogens with zero attached hydrogens (tertiary/aromatic N) is 3. The van der Waals surface area contributed by atoms with Crippen LogP contribution in [0.5, 0.6) is 0 Å². The van der Waals surface area contributed by atoms with Gasteiger partial charge in [-0.05, 0) is 37.6 Å². The number of halogens is 1. The molecule has 2 aliphatic heterocycles. The number of ether oxygens (including phenoxy) is 1. The summed E-state index contributed by atoms with van der Waals surface area (Å²) in [6.07, 6.45) is 0. The number of esters is 1. The molecule has 2 aromatic rings. The number of sulfonamides is 1. The van der Waals surface area contributed by atoms with Crippen LogP contribution in [-0.2, 0) is 19.6 Å². The first-order chi connectivity index (χ1) is 17.6. The highest BCUT2D eigenvalue weighted by Crippen LogP contribution is 2.35. The Hall–Kier alpha value is -2.92. The zero-order chi connectivity index (χ0) is 26.7. The molecule has 2 amide bonds. The quantitative estimate of drug-likeness (QED) is 0.535. The molecule has 4 rings (SSSR count). The lowest BCUT2D eigenvalue weighted by Gasteiger charge is -2.41. The molecule has 2 atom stereocenters. The summed E-state index contributed by atoms with van der Waals surface area (Å²) < 4.78 is 33.3. The summed E-state index contributed by atoms with van der Waals surface area (Å²) in [4.78, 5) is 29.9. The van der Waals surface area contributed by atoms with E-state index < -0.39 is 22.0 Å². The molecule has 0 spiro atoms. The number of carbonyl (C=O) groups excluding carboxylic acids is 2. The maximum Gasteiger partial charge on any atom is 0.338 e. The fraction of sp³-hybridized carbons (Fsp3) is 0.385. The van der Waals surface area contributed by atoms with Gasteiger partial charge in [-0.3, -0.25) is 9.80 Å². The lowest BCUT2D eigenvalue weighted by molar-refractivity contribution is -0.139. The molecule has 0 unspecified atom stereocenters. The number of benzene rings is 2. The number of amides is 2. The van der Waals surface area contributed by atoms with Gasteiger partial charge < -0.3 is 10.1 Å². The summed E-state index contributed by atoms with van der Waals surface area (Å²) in [6.45, 7) is 5.17. The Morgan fingerprint density at radius 2 is 1.78 bits per heavy atom. The van der Waals surface area contributed by atoms with Crippen molar-refractivity contribution in [2.45, 2.75) is 30.8 Å². The van der Waals surface area contributed by atoms with Gasteiger partial charge in [0.15, 0.2) is 0 Å². The van der Waals surface area contributed by atoms with Crippen molar-refractivity contribution in [1.29, 1.82) is 0 Å². The predicted octanol–water partition coefficient (Wildman–Crippen LogP) is 3.25. The van der Waals surface area contributed by atoms with Crippen LogP contribution in [0.4, 0.5) is 4.79 Å². The van der Waals surface area contributed by atoms with Crippen molar-refractivity contribution in [3.05, 3.63) is 76.5 Å². The first-order valence-electron chi connectivity index (χ1n) is 12.1. The molecule has 0 aromatic heterocycles.